The van der Waals surface area contributed by atoms with Gasteiger partial charge in [0.25, 0.3) is 0 Å². The Morgan fingerprint density at radius 3 is 1.62 bits per heavy atom. The molecule has 0 atom stereocenters. The average Bonchev–Trinajstić information content (AvgIpc) is 2.62. The predicted octanol–water partition coefficient (Wildman–Crippen LogP) is 2.76. The van der Waals surface area contributed by atoms with Gasteiger partial charge in [-0.15, -0.1) is 0 Å². The van der Waals surface area contributed by atoms with Crippen LogP contribution in [-0.4, -0.2) is 27.8 Å². The Kier molecular flexibility index (Phi) is 5.25. The van der Waals surface area contributed by atoms with Crippen molar-refractivity contribution < 1.29 is 8.42 Å². The van der Waals surface area contributed by atoms with Gasteiger partial charge in [-0.25, -0.2) is 0 Å². The van der Waals surface area contributed by atoms with E-state index in [9.17, 15) is 8.42 Å². The number of benzene rings is 3. The van der Waals surface area contributed by atoms with Crippen molar-refractivity contribution in [1.29, 1.82) is 0 Å². The molecule has 0 aliphatic carbocycles. The van der Waals surface area contributed by atoms with Crippen LogP contribution in [0.15, 0.2) is 92.4 Å². The van der Waals surface area contributed by atoms with Crippen molar-refractivity contribution in [3.05, 3.63) is 90.5 Å². The van der Waals surface area contributed by atoms with Crippen LogP contribution >= 0.6 is 0 Å². The molecule has 0 radical (unpaired) electrons. The van der Waals surface area contributed by atoms with Crippen molar-refractivity contribution in [2.75, 3.05) is 0 Å². The van der Waals surface area contributed by atoms with Crippen LogP contribution in [-0.2, 0) is 10.0 Å². The Morgan fingerprint density at radius 1 is 0.708 bits per heavy atom. The zero-order valence-electron chi connectivity index (χ0n) is 13.2. The molecular weight excluding hydrogens is 434 g/mol. The molecule has 0 N–H and O–H groups in total. The number of hydrogen-bond donors (Lipinski definition) is 0. The molecule has 3 nitrogen and oxygen atoms in total. The van der Waals surface area contributed by atoms with Gasteiger partial charge in [0.2, 0.25) is 0 Å². The molecule has 3 aromatic rings. The summed E-state index contributed by atoms with van der Waals surface area (Å²) in [7, 11) is -3.67. The van der Waals surface area contributed by atoms with Crippen LogP contribution in [0.1, 0.15) is 5.56 Å². The van der Waals surface area contributed by atoms with Crippen LogP contribution in [0.2, 0.25) is 0 Å². The van der Waals surface area contributed by atoms with Crippen LogP contribution < -0.4 is 7.22 Å². The van der Waals surface area contributed by atoms with Gasteiger partial charge in [-0.05, 0) is 0 Å². The van der Waals surface area contributed by atoms with Gasteiger partial charge in [-0.1, -0.05) is 0 Å². The molecule has 0 saturated carbocycles. The van der Waals surface area contributed by atoms with Gasteiger partial charge < -0.3 is 0 Å². The van der Waals surface area contributed by atoms with Crippen molar-refractivity contribution in [1.82, 2.24) is 0 Å². The average molecular weight is 451 g/mol. The first kappa shape index (κ1) is 17.0. The van der Waals surface area contributed by atoms with Crippen LogP contribution in [0.3, 0.4) is 0 Å². The van der Waals surface area contributed by atoms with E-state index in [1.807, 2.05) is 67.6 Å². The molecule has 0 heterocycles. The third kappa shape index (κ3) is 3.99. The Morgan fingerprint density at radius 2 is 1.17 bits per heavy atom. The Balaban J connectivity index is 2.15. The molecule has 0 amide bonds. The summed E-state index contributed by atoms with van der Waals surface area (Å²) in [6, 6.07) is 26.3. The molecule has 0 aromatic heterocycles. The molecule has 0 fully saturated rings. The monoisotopic (exact) mass is 453 g/mol. The second-order valence-corrected chi connectivity index (χ2v) is 12.4. The molecule has 0 spiro atoms. The van der Waals surface area contributed by atoms with Crippen molar-refractivity contribution in [3.8, 4) is 0 Å². The summed E-state index contributed by atoms with van der Waals surface area (Å²) >= 11 is -2.59. The third-order valence-electron chi connectivity index (χ3n) is 3.42. The molecule has 3 aromatic carbocycles. The summed E-state index contributed by atoms with van der Waals surface area (Å²) < 4.78 is 32.0. The Labute approximate surface area is 149 Å². The van der Waals surface area contributed by atoms with Crippen LogP contribution in [0.4, 0.5) is 0 Å². The summed E-state index contributed by atoms with van der Waals surface area (Å²) in [6.45, 7) is 1.93. The van der Waals surface area contributed by atoms with E-state index in [1.165, 1.54) is 0 Å². The van der Waals surface area contributed by atoms with Gasteiger partial charge >= 0.3 is 150 Å². The minimum atomic E-state index is -3.67. The first-order valence-corrected chi connectivity index (χ1v) is 12.3. The molecule has 0 saturated heterocycles. The van der Waals surface area contributed by atoms with E-state index in [2.05, 4.69) is 2.59 Å². The van der Waals surface area contributed by atoms with Crippen molar-refractivity contribution in [2.45, 2.75) is 11.8 Å². The van der Waals surface area contributed by atoms with Gasteiger partial charge in [-0.2, -0.15) is 0 Å². The van der Waals surface area contributed by atoms with Crippen LogP contribution in [0.5, 0.6) is 0 Å². The maximum atomic E-state index is 12.8. The fraction of sp³-hybridized carbons (Fsp3) is 0.0526. The Bertz CT molecular complexity index is 910. The maximum absolute atomic E-state index is 12.8. The molecule has 3 rings (SSSR count). The molecule has 0 aliphatic heterocycles. The van der Waals surface area contributed by atoms with Crippen LogP contribution in [0.25, 0.3) is 0 Å². The molecule has 0 bridgehead atoms. The van der Waals surface area contributed by atoms with E-state index in [0.717, 1.165) is 12.8 Å². The zero-order valence-corrected chi connectivity index (χ0v) is 16.3. The summed E-state index contributed by atoms with van der Waals surface area (Å²) in [5, 5.41) is 0. The van der Waals surface area contributed by atoms with Gasteiger partial charge in [-0.3, -0.25) is 0 Å². The predicted molar refractivity (Wildman–Crippen MR) is 98.7 cm³/mol. The Hall–Kier alpha value is -1.80. The fourth-order valence-corrected chi connectivity index (χ4v) is 10.1. The van der Waals surface area contributed by atoms with E-state index in [0.29, 0.717) is 0 Å². The number of rotatable bonds is 4. The summed E-state index contributed by atoms with van der Waals surface area (Å²) in [5.41, 5.74) is 1.02. The summed E-state index contributed by atoms with van der Waals surface area (Å²) in [6.07, 6.45) is 0. The molecule has 122 valence electrons. The second kappa shape index (κ2) is 7.40. The molecule has 0 aliphatic rings. The minimum absolute atomic E-state index is 0.255. The van der Waals surface area contributed by atoms with Crippen molar-refractivity contribution >= 4 is 36.6 Å². The molecule has 0 unspecified atom stereocenters. The van der Waals surface area contributed by atoms with Gasteiger partial charge in [0, 0.05) is 0 Å². The summed E-state index contributed by atoms with van der Waals surface area (Å²) in [4.78, 5) is 0.255. The first-order valence-electron chi connectivity index (χ1n) is 7.45. The van der Waals surface area contributed by atoms with E-state index in [-0.39, 0.29) is 4.90 Å². The normalized spacial score (nSPS) is 11.4. The van der Waals surface area contributed by atoms with E-state index >= 15 is 0 Å². The van der Waals surface area contributed by atoms with Crippen molar-refractivity contribution in [2.24, 2.45) is 2.59 Å². The van der Waals surface area contributed by atoms with Gasteiger partial charge in [0.1, 0.15) is 0 Å². The van der Waals surface area contributed by atoms with Gasteiger partial charge in [0.15, 0.2) is 0 Å². The number of hydrogen-bond acceptors (Lipinski definition) is 2. The SMILES string of the molecule is Cc1ccc(S(=O)(=O)N=[Te](c2ccccc2)c2ccccc2)cc1. The molecular formula is C19H17NO2STe. The third-order valence-corrected chi connectivity index (χ3v) is 11.7. The van der Waals surface area contributed by atoms with Crippen LogP contribution in [0, 0.1) is 6.92 Å². The van der Waals surface area contributed by atoms with Crippen molar-refractivity contribution in [3.63, 3.8) is 0 Å². The number of sulfonamides is 1. The summed E-state index contributed by atoms with van der Waals surface area (Å²) in [5.74, 6) is 0. The second-order valence-electron chi connectivity index (χ2n) is 5.27. The van der Waals surface area contributed by atoms with Gasteiger partial charge in [0.05, 0.1) is 0 Å². The first-order chi connectivity index (χ1) is 11.6. The molecule has 5 heteroatoms. The topological polar surface area (TPSA) is 46.5 Å². The number of aryl methyl sites for hydroxylation is 1. The zero-order chi connectivity index (χ0) is 17.0. The quantitative estimate of drug-likeness (QED) is 0.574. The van der Waals surface area contributed by atoms with E-state index < -0.39 is 29.4 Å². The van der Waals surface area contributed by atoms with E-state index in [1.54, 1.807) is 24.3 Å². The standard InChI is InChI=1S/C19H17NO2STe/c1-16-12-14-17(15-13-16)23(21,22)20-24(18-8-4-2-5-9-18)19-10-6-3-7-11-19/h2-15H,1H3. The molecule has 24 heavy (non-hydrogen) atoms. The van der Waals surface area contributed by atoms with E-state index in [4.69, 9.17) is 0 Å². The fourth-order valence-electron chi connectivity index (χ4n) is 2.17. The number of nitrogens with zero attached hydrogens (tertiary/aromatic N) is 1.